The maximum absolute atomic E-state index is 13.4. The Morgan fingerprint density at radius 2 is 1.88 bits per heavy atom. The number of halogens is 1. The molecule has 0 heterocycles. The van der Waals surface area contributed by atoms with Crippen LogP contribution in [0.4, 0.5) is 4.39 Å². The van der Waals surface area contributed by atoms with Crippen molar-refractivity contribution >= 4 is 5.57 Å². The highest BCUT2D eigenvalue weighted by Crippen LogP contribution is 2.20. The summed E-state index contributed by atoms with van der Waals surface area (Å²) in [5.41, 5.74) is 7.35. The number of benzene rings is 2. The minimum atomic E-state index is -0.125. The zero-order valence-electron chi connectivity index (χ0n) is 16.8. The summed E-state index contributed by atoms with van der Waals surface area (Å²) in [6.45, 7) is 12.4. The van der Waals surface area contributed by atoms with Gasteiger partial charge in [-0.3, -0.25) is 0 Å². The summed E-state index contributed by atoms with van der Waals surface area (Å²) in [6, 6.07) is 12.2. The molecule has 2 aromatic carbocycles. The molecule has 1 atom stereocenters. The third kappa shape index (κ3) is 5.54. The second-order valence-corrected chi connectivity index (χ2v) is 7.34. The molecule has 1 nitrogen and oxygen atoms in total. The maximum atomic E-state index is 13.4. The van der Waals surface area contributed by atoms with Crippen molar-refractivity contribution in [2.24, 2.45) is 0 Å². The van der Waals surface area contributed by atoms with Crippen LogP contribution in [0.5, 0.6) is 0 Å². The van der Waals surface area contributed by atoms with E-state index in [1.807, 2.05) is 19.1 Å². The predicted octanol–water partition coefficient (Wildman–Crippen LogP) is 6.19. The number of aryl methyl sites for hydroxylation is 3. The Kier molecular flexibility index (Phi) is 7.59. The lowest BCUT2D eigenvalue weighted by Gasteiger charge is -2.14. The van der Waals surface area contributed by atoms with Crippen molar-refractivity contribution in [1.82, 2.24) is 5.32 Å². The molecule has 0 saturated carbocycles. The van der Waals surface area contributed by atoms with Gasteiger partial charge in [0, 0.05) is 6.54 Å². The van der Waals surface area contributed by atoms with Crippen LogP contribution in [0.25, 0.3) is 5.57 Å². The molecule has 0 aliphatic rings. The number of hydrogen-bond donors (Lipinski definition) is 1. The smallest absolute Gasteiger partial charge is 0.126 e. The first-order valence-corrected chi connectivity index (χ1v) is 9.62. The van der Waals surface area contributed by atoms with Gasteiger partial charge in [0.25, 0.3) is 0 Å². The molecule has 2 aromatic rings. The van der Waals surface area contributed by atoms with Gasteiger partial charge in [0.15, 0.2) is 0 Å². The molecule has 2 rings (SSSR count). The number of nitrogens with one attached hydrogen (secondary N) is 1. The van der Waals surface area contributed by atoms with Crippen molar-refractivity contribution in [3.63, 3.8) is 0 Å². The summed E-state index contributed by atoms with van der Waals surface area (Å²) in [4.78, 5) is 0. The lowest BCUT2D eigenvalue weighted by atomic mass is 9.97. The Bertz CT molecular complexity index is 761. The number of rotatable bonds is 8. The summed E-state index contributed by atoms with van der Waals surface area (Å²) in [7, 11) is 0. The molecule has 0 spiro atoms. The summed E-state index contributed by atoms with van der Waals surface area (Å²) < 4.78 is 13.4. The first-order chi connectivity index (χ1) is 12.4. The van der Waals surface area contributed by atoms with Crippen LogP contribution in [0.1, 0.15) is 60.9 Å². The molecular weight excluding hydrogens is 321 g/mol. The molecule has 0 aliphatic heterocycles. The highest BCUT2D eigenvalue weighted by molar-refractivity contribution is 5.66. The molecule has 0 unspecified atom stereocenters. The molecule has 26 heavy (non-hydrogen) atoms. The SMILES string of the molecule is C/C=C(/C)c1ccc(CCCNC[C@H](C)c2ccc(F)c(C)c2)cc1C. The van der Waals surface area contributed by atoms with Crippen LogP contribution in [0, 0.1) is 19.7 Å². The van der Waals surface area contributed by atoms with E-state index in [2.05, 4.69) is 57.3 Å². The summed E-state index contributed by atoms with van der Waals surface area (Å²) in [5.74, 6) is 0.263. The topological polar surface area (TPSA) is 12.0 Å². The molecule has 0 aromatic heterocycles. The fourth-order valence-electron chi connectivity index (χ4n) is 3.31. The van der Waals surface area contributed by atoms with Crippen LogP contribution in [-0.2, 0) is 6.42 Å². The predicted molar refractivity (Wildman–Crippen MR) is 111 cm³/mol. The molecule has 0 saturated heterocycles. The highest BCUT2D eigenvalue weighted by atomic mass is 19.1. The van der Waals surface area contributed by atoms with Crippen molar-refractivity contribution in [1.29, 1.82) is 0 Å². The third-order valence-electron chi connectivity index (χ3n) is 5.17. The van der Waals surface area contributed by atoms with Crippen LogP contribution >= 0.6 is 0 Å². The van der Waals surface area contributed by atoms with E-state index in [1.54, 1.807) is 6.07 Å². The highest BCUT2D eigenvalue weighted by Gasteiger charge is 2.07. The van der Waals surface area contributed by atoms with E-state index in [0.717, 1.165) is 31.5 Å². The fourth-order valence-corrected chi connectivity index (χ4v) is 3.31. The van der Waals surface area contributed by atoms with Crippen LogP contribution < -0.4 is 5.32 Å². The number of hydrogen-bond acceptors (Lipinski definition) is 1. The molecule has 0 fully saturated rings. The van der Waals surface area contributed by atoms with Crippen molar-refractivity contribution in [2.45, 2.75) is 53.4 Å². The van der Waals surface area contributed by atoms with E-state index in [-0.39, 0.29) is 5.82 Å². The van der Waals surface area contributed by atoms with Gasteiger partial charge in [-0.1, -0.05) is 43.3 Å². The lowest BCUT2D eigenvalue weighted by molar-refractivity contribution is 0.590. The van der Waals surface area contributed by atoms with Gasteiger partial charge in [-0.05, 0) is 92.5 Å². The first-order valence-electron chi connectivity index (χ1n) is 9.62. The molecular formula is C24H32FN. The normalized spacial score (nSPS) is 13.1. The van der Waals surface area contributed by atoms with Gasteiger partial charge in [0.2, 0.25) is 0 Å². The summed E-state index contributed by atoms with van der Waals surface area (Å²) in [6.07, 6.45) is 4.37. The minimum Gasteiger partial charge on any atom is -0.316 e. The van der Waals surface area contributed by atoms with E-state index in [0.29, 0.717) is 5.92 Å². The Labute approximate surface area is 158 Å². The Morgan fingerprint density at radius 1 is 1.12 bits per heavy atom. The van der Waals surface area contributed by atoms with E-state index in [9.17, 15) is 4.39 Å². The van der Waals surface area contributed by atoms with Crippen molar-refractivity contribution in [2.75, 3.05) is 13.1 Å². The summed E-state index contributed by atoms with van der Waals surface area (Å²) in [5, 5.41) is 3.54. The Hall–Kier alpha value is -1.93. The first kappa shape index (κ1) is 20.4. The molecule has 0 aliphatic carbocycles. The van der Waals surface area contributed by atoms with Crippen LogP contribution in [0.2, 0.25) is 0 Å². The molecule has 0 radical (unpaired) electrons. The monoisotopic (exact) mass is 353 g/mol. The third-order valence-corrected chi connectivity index (χ3v) is 5.17. The second kappa shape index (κ2) is 9.68. The largest absolute Gasteiger partial charge is 0.316 e. The van der Waals surface area contributed by atoms with Crippen molar-refractivity contribution in [3.8, 4) is 0 Å². The second-order valence-electron chi connectivity index (χ2n) is 7.34. The average molecular weight is 354 g/mol. The van der Waals surface area contributed by atoms with Gasteiger partial charge in [0.1, 0.15) is 5.82 Å². The van der Waals surface area contributed by atoms with E-state index in [1.165, 1.54) is 27.8 Å². The van der Waals surface area contributed by atoms with Gasteiger partial charge < -0.3 is 5.32 Å². The molecule has 0 bridgehead atoms. The van der Waals surface area contributed by atoms with E-state index in [4.69, 9.17) is 0 Å². The maximum Gasteiger partial charge on any atom is 0.126 e. The lowest BCUT2D eigenvalue weighted by Crippen LogP contribution is -2.21. The van der Waals surface area contributed by atoms with Crippen LogP contribution in [0.15, 0.2) is 42.5 Å². The Morgan fingerprint density at radius 3 is 2.54 bits per heavy atom. The van der Waals surface area contributed by atoms with E-state index < -0.39 is 0 Å². The quantitative estimate of drug-likeness (QED) is 0.558. The average Bonchev–Trinajstić information content (AvgIpc) is 2.63. The summed E-state index contributed by atoms with van der Waals surface area (Å²) >= 11 is 0. The standard InChI is InChI=1S/C24H32FN/c1-6-17(2)23-11-9-21(14-18(23)3)8-7-13-26-16-20(5)22-10-12-24(25)19(4)15-22/h6,9-12,14-15,20,26H,7-8,13,16H2,1-5H3/b17-6-/t20-/m0/s1. The van der Waals surface area contributed by atoms with Gasteiger partial charge >= 0.3 is 0 Å². The van der Waals surface area contributed by atoms with Gasteiger partial charge in [-0.15, -0.1) is 0 Å². The molecule has 2 heteroatoms. The van der Waals surface area contributed by atoms with E-state index >= 15 is 0 Å². The minimum absolute atomic E-state index is 0.125. The Balaban J connectivity index is 1.76. The molecule has 1 N–H and O–H groups in total. The van der Waals surface area contributed by atoms with Crippen LogP contribution in [0.3, 0.4) is 0 Å². The van der Waals surface area contributed by atoms with Crippen molar-refractivity contribution in [3.05, 3.63) is 76.1 Å². The van der Waals surface area contributed by atoms with Gasteiger partial charge in [0.05, 0.1) is 0 Å². The zero-order valence-corrected chi connectivity index (χ0v) is 16.8. The molecule has 140 valence electrons. The van der Waals surface area contributed by atoms with Gasteiger partial charge in [-0.25, -0.2) is 4.39 Å². The zero-order chi connectivity index (χ0) is 19.1. The van der Waals surface area contributed by atoms with Crippen molar-refractivity contribution < 1.29 is 4.39 Å². The number of allylic oxidation sites excluding steroid dienone is 2. The van der Waals surface area contributed by atoms with Crippen LogP contribution in [-0.4, -0.2) is 13.1 Å². The fraction of sp³-hybridized carbons (Fsp3) is 0.417. The molecule has 0 amide bonds. The van der Waals surface area contributed by atoms with Gasteiger partial charge in [-0.2, -0.15) is 0 Å².